The third kappa shape index (κ3) is 6.96. The van der Waals surface area contributed by atoms with Gasteiger partial charge in [-0.3, -0.25) is 4.79 Å². The van der Waals surface area contributed by atoms with Crippen LogP contribution in [0.2, 0.25) is 5.02 Å². The Morgan fingerprint density at radius 2 is 1.86 bits per heavy atom. The molecule has 0 fully saturated rings. The minimum atomic E-state index is -4.29. The molecule has 0 aliphatic carbocycles. The summed E-state index contributed by atoms with van der Waals surface area (Å²) in [6.45, 7) is 9.91. The zero-order valence-electron chi connectivity index (χ0n) is 23.9. The number of rotatable bonds is 7. The predicted octanol–water partition coefficient (Wildman–Crippen LogP) is 4.39. The standard InChI is InChI=1S/C28H32ClFN6O5S/c1-6-35(7-2)24-14-31-34-25(33-24)19-12-22-23(13-20(19)30)42(39,40)16-21(32-27(38)41-28(3,4)5)26(37)36(22)15-17-8-10-18(29)11-9-17/h8-14,21H,6-7,15-16H2,1-5H3,(H,32,38)/t21-/m0/s1. The maximum absolute atomic E-state index is 15.6. The van der Waals surface area contributed by atoms with E-state index in [9.17, 15) is 18.0 Å². The second-order valence-corrected chi connectivity index (χ2v) is 13.1. The van der Waals surface area contributed by atoms with E-state index in [1.54, 1.807) is 45.0 Å². The van der Waals surface area contributed by atoms with Crippen LogP contribution >= 0.6 is 11.6 Å². The zero-order valence-corrected chi connectivity index (χ0v) is 25.5. The summed E-state index contributed by atoms with van der Waals surface area (Å²) >= 11 is 6.04. The first-order valence-corrected chi connectivity index (χ1v) is 15.3. The molecule has 0 bridgehead atoms. The fraction of sp³-hybridized carbons (Fsp3) is 0.393. The van der Waals surface area contributed by atoms with Crippen LogP contribution in [-0.4, -0.2) is 66.1 Å². The molecule has 0 radical (unpaired) electrons. The lowest BCUT2D eigenvalue weighted by molar-refractivity contribution is -0.120. The summed E-state index contributed by atoms with van der Waals surface area (Å²) < 4.78 is 48.0. The first-order valence-electron chi connectivity index (χ1n) is 13.3. The lowest BCUT2D eigenvalue weighted by Gasteiger charge is -2.27. The van der Waals surface area contributed by atoms with Gasteiger partial charge in [0.2, 0.25) is 0 Å². The minimum Gasteiger partial charge on any atom is -0.444 e. The third-order valence-corrected chi connectivity index (χ3v) is 8.47. The largest absolute Gasteiger partial charge is 0.444 e. The molecule has 3 aromatic rings. The maximum atomic E-state index is 15.6. The molecule has 1 N–H and O–H groups in total. The van der Waals surface area contributed by atoms with Crippen LogP contribution in [0.1, 0.15) is 40.2 Å². The lowest BCUT2D eigenvalue weighted by atomic mass is 10.1. The number of hydrogen-bond acceptors (Lipinski definition) is 9. The fourth-order valence-electron chi connectivity index (χ4n) is 4.46. The molecule has 0 spiro atoms. The smallest absolute Gasteiger partial charge is 0.408 e. The summed E-state index contributed by atoms with van der Waals surface area (Å²) in [6.07, 6.45) is 0.485. The molecule has 1 aliphatic rings. The summed E-state index contributed by atoms with van der Waals surface area (Å²) in [4.78, 5) is 33.7. The molecule has 14 heteroatoms. The number of benzene rings is 2. The van der Waals surface area contributed by atoms with Crippen molar-refractivity contribution < 1.29 is 27.1 Å². The van der Waals surface area contributed by atoms with Crippen LogP contribution in [0.3, 0.4) is 0 Å². The van der Waals surface area contributed by atoms with Crippen molar-refractivity contribution in [1.82, 2.24) is 20.5 Å². The van der Waals surface area contributed by atoms with Gasteiger partial charge in [-0.05, 0) is 64.4 Å². The number of carbonyl (C=O) groups excluding carboxylic acids is 2. The molecule has 1 aliphatic heterocycles. The van der Waals surface area contributed by atoms with Gasteiger partial charge >= 0.3 is 6.09 Å². The molecule has 1 aromatic heterocycles. The number of amides is 2. The summed E-state index contributed by atoms with van der Waals surface area (Å²) in [5.41, 5.74) is -0.509. The highest BCUT2D eigenvalue weighted by Gasteiger charge is 2.40. The van der Waals surface area contributed by atoms with E-state index in [2.05, 4.69) is 20.5 Å². The summed E-state index contributed by atoms with van der Waals surface area (Å²) in [7, 11) is -4.29. The number of ether oxygens (including phenoxy) is 1. The van der Waals surface area contributed by atoms with Crippen LogP contribution in [0.5, 0.6) is 0 Å². The number of hydrogen-bond donors (Lipinski definition) is 1. The van der Waals surface area contributed by atoms with Crippen molar-refractivity contribution in [3.05, 3.63) is 59.0 Å². The molecule has 2 amide bonds. The zero-order chi connectivity index (χ0) is 30.8. The number of carbonyl (C=O) groups is 2. The van der Waals surface area contributed by atoms with E-state index in [1.807, 2.05) is 18.7 Å². The van der Waals surface area contributed by atoms with Crippen molar-refractivity contribution in [2.24, 2.45) is 0 Å². The van der Waals surface area contributed by atoms with Crippen LogP contribution in [-0.2, 0) is 25.9 Å². The highest BCUT2D eigenvalue weighted by Crippen LogP contribution is 2.37. The Balaban J connectivity index is 1.86. The van der Waals surface area contributed by atoms with Gasteiger partial charge in [-0.2, -0.15) is 5.10 Å². The number of nitrogens with one attached hydrogen (secondary N) is 1. The predicted molar refractivity (Wildman–Crippen MR) is 157 cm³/mol. The van der Waals surface area contributed by atoms with Gasteiger partial charge in [0.1, 0.15) is 17.5 Å². The molecule has 0 saturated carbocycles. The van der Waals surface area contributed by atoms with Crippen molar-refractivity contribution in [2.75, 3.05) is 28.6 Å². The average Bonchev–Trinajstić information content (AvgIpc) is 2.98. The molecule has 11 nitrogen and oxygen atoms in total. The van der Waals surface area contributed by atoms with Crippen molar-refractivity contribution in [1.29, 1.82) is 0 Å². The monoisotopic (exact) mass is 618 g/mol. The first-order chi connectivity index (χ1) is 19.7. The van der Waals surface area contributed by atoms with E-state index in [4.69, 9.17) is 16.3 Å². The Morgan fingerprint density at radius 1 is 1.19 bits per heavy atom. The minimum absolute atomic E-state index is 0.0799. The number of aromatic nitrogens is 3. The molecule has 1 atom stereocenters. The van der Waals surface area contributed by atoms with Gasteiger partial charge < -0.3 is 19.9 Å². The number of fused-ring (bicyclic) bond motifs is 1. The molecular weight excluding hydrogens is 587 g/mol. The first kappa shape index (κ1) is 31.1. The van der Waals surface area contributed by atoms with Gasteiger partial charge in [-0.15, -0.1) is 5.10 Å². The van der Waals surface area contributed by atoms with Crippen LogP contribution < -0.4 is 15.1 Å². The molecule has 2 aromatic carbocycles. The van der Waals surface area contributed by atoms with Gasteiger partial charge in [0.05, 0.1) is 34.6 Å². The van der Waals surface area contributed by atoms with E-state index in [0.29, 0.717) is 29.5 Å². The topological polar surface area (TPSA) is 135 Å². The highest BCUT2D eigenvalue weighted by atomic mass is 35.5. The Hall–Kier alpha value is -3.84. The lowest BCUT2D eigenvalue weighted by Crippen LogP contribution is -2.51. The van der Waals surface area contributed by atoms with Gasteiger partial charge in [-0.1, -0.05) is 23.7 Å². The van der Waals surface area contributed by atoms with Crippen molar-refractivity contribution >= 4 is 44.9 Å². The Morgan fingerprint density at radius 3 is 2.48 bits per heavy atom. The van der Waals surface area contributed by atoms with Crippen LogP contribution in [0.15, 0.2) is 47.5 Å². The second-order valence-electron chi connectivity index (χ2n) is 10.6. The van der Waals surface area contributed by atoms with Gasteiger partial charge in [0, 0.05) is 18.1 Å². The van der Waals surface area contributed by atoms with Crippen LogP contribution in [0.25, 0.3) is 11.4 Å². The molecule has 224 valence electrons. The van der Waals surface area contributed by atoms with Crippen molar-refractivity contribution in [3.63, 3.8) is 0 Å². The summed E-state index contributed by atoms with van der Waals surface area (Å²) in [6, 6.07) is 7.18. The van der Waals surface area contributed by atoms with E-state index < -0.39 is 49.9 Å². The van der Waals surface area contributed by atoms with E-state index in [0.717, 1.165) is 6.07 Å². The number of nitrogens with zero attached hydrogens (tertiary/aromatic N) is 5. The molecule has 4 rings (SSSR count). The van der Waals surface area contributed by atoms with Gasteiger partial charge in [-0.25, -0.2) is 22.6 Å². The number of halogens is 2. The Labute approximate surface area is 249 Å². The number of anilines is 2. The summed E-state index contributed by atoms with van der Waals surface area (Å²) in [5, 5.41) is 10.8. The quantitative estimate of drug-likeness (QED) is 0.409. The SMILES string of the molecule is CCN(CC)c1cnnc(-c2cc3c(cc2F)S(=O)(=O)C[C@H](NC(=O)OC(C)(C)C)C(=O)N3Cc2ccc(Cl)cc2)n1. The molecule has 42 heavy (non-hydrogen) atoms. The van der Waals surface area contributed by atoms with E-state index >= 15 is 4.39 Å². The second kappa shape index (κ2) is 12.2. The average molecular weight is 619 g/mol. The van der Waals surface area contributed by atoms with Gasteiger partial charge in [0.15, 0.2) is 21.5 Å². The normalized spacial score (nSPS) is 16.4. The molecular formula is C28H32ClFN6O5S. The van der Waals surface area contributed by atoms with Crippen molar-refractivity contribution in [2.45, 2.75) is 57.7 Å². The maximum Gasteiger partial charge on any atom is 0.408 e. The molecule has 0 saturated heterocycles. The Bertz CT molecular complexity index is 1590. The molecule has 2 heterocycles. The number of alkyl carbamates (subject to hydrolysis) is 1. The summed E-state index contributed by atoms with van der Waals surface area (Å²) in [5.74, 6) is -2.06. The van der Waals surface area contributed by atoms with Gasteiger partial charge in [0.25, 0.3) is 5.91 Å². The third-order valence-electron chi connectivity index (χ3n) is 6.44. The van der Waals surface area contributed by atoms with E-state index in [-0.39, 0.29) is 23.6 Å². The highest BCUT2D eigenvalue weighted by molar-refractivity contribution is 7.91. The van der Waals surface area contributed by atoms with Crippen molar-refractivity contribution in [3.8, 4) is 11.4 Å². The fourth-order valence-corrected chi connectivity index (χ4v) is 6.20. The van der Waals surface area contributed by atoms with E-state index in [1.165, 1.54) is 17.2 Å². The number of sulfone groups is 1. The van der Waals surface area contributed by atoms with Crippen LogP contribution in [0, 0.1) is 5.82 Å². The Kier molecular flexibility index (Phi) is 9.02. The van der Waals surface area contributed by atoms with Crippen LogP contribution in [0.4, 0.5) is 20.7 Å². The molecule has 0 unspecified atom stereocenters.